The predicted molar refractivity (Wildman–Crippen MR) is 103 cm³/mol. The van der Waals surface area contributed by atoms with Gasteiger partial charge in [0.15, 0.2) is 5.17 Å². The van der Waals surface area contributed by atoms with Gasteiger partial charge >= 0.3 is 0 Å². The fourth-order valence-electron chi connectivity index (χ4n) is 3.64. The second-order valence-electron chi connectivity index (χ2n) is 6.34. The summed E-state index contributed by atoms with van der Waals surface area (Å²) < 4.78 is 5.61. The number of benzene rings is 1. The van der Waals surface area contributed by atoms with Crippen molar-refractivity contribution in [3.63, 3.8) is 0 Å². The Morgan fingerprint density at radius 1 is 1.16 bits per heavy atom. The topological polar surface area (TPSA) is 37.7 Å². The third kappa shape index (κ3) is 3.01. The van der Waals surface area contributed by atoms with Gasteiger partial charge in [0, 0.05) is 18.0 Å². The smallest absolute Gasteiger partial charge is 0.160 e. The van der Waals surface area contributed by atoms with E-state index in [1.54, 1.807) is 0 Å². The normalized spacial score (nSPS) is 25.0. The lowest BCUT2D eigenvalue weighted by Gasteiger charge is -2.32. The van der Waals surface area contributed by atoms with Gasteiger partial charge in [-0.3, -0.25) is 9.98 Å². The summed E-state index contributed by atoms with van der Waals surface area (Å²) in [6.45, 7) is 4.96. The molecule has 3 heterocycles. The molecule has 130 valence electrons. The lowest BCUT2D eigenvalue weighted by molar-refractivity contribution is 0.255. The van der Waals surface area contributed by atoms with E-state index in [4.69, 9.17) is 9.73 Å². The van der Waals surface area contributed by atoms with E-state index in [0.717, 1.165) is 23.6 Å². The lowest BCUT2D eigenvalue weighted by atomic mass is 9.95. The molecule has 0 bridgehead atoms. The number of rotatable bonds is 5. The molecular formula is C20H23N3OS. The van der Waals surface area contributed by atoms with Gasteiger partial charge < -0.3 is 9.64 Å². The maximum absolute atomic E-state index is 5.61. The van der Waals surface area contributed by atoms with E-state index in [1.165, 1.54) is 10.7 Å². The average molecular weight is 353 g/mol. The summed E-state index contributed by atoms with van der Waals surface area (Å²) in [7, 11) is 0. The minimum atomic E-state index is 0.0518. The van der Waals surface area contributed by atoms with Crippen molar-refractivity contribution < 1.29 is 4.74 Å². The molecule has 3 atom stereocenters. The molecule has 0 aliphatic carbocycles. The molecule has 0 spiro atoms. The highest BCUT2D eigenvalue weighted by molar-refractivity contribution is 8.14. The number of ether oxygens (including phenoxy) is 1. The van der Waals surface area contributed by atoms with Crippen molar-refractivity contribution in [1.82, 2.24) is 9.88 Å². The summed E-state index contributed by atoms with van der Waals surface area (Å²) in [5.41, 5.74) is 2.32. The first kappa shape index (κ1) is 16.5. The summed E-state index contributed by atoms with van der Waals surface area (Å²) in [5, 5.41) is 1.17. The van der Waals surface area contributed by atoms with E-state index in [-0.39, 0.29) is 12.1 Å². The first-order chi connectivity index (χ1) is 12.3. The van der Waals surface area contributed by atoms with Crippen LogP contribution in [0, 0.1) is 0 Å². The fourth-order valence-corrected chi connectivity index (χ4v) is 4.98. The minimum absolute atomic E-state index is 0.0518. The maximum atomic E-state index is 5.61. The van der Waals surface area contributed by atoms with Gasteiger partial charge in [0.25, 0.3) is 0 Å². The monoisotopic (exact) mass is 353 g/mol. The zero-order valence-electron chi connectivity index (χ0n) is 14.6. The van der Waals surface area contributed by atoms with Crippen LogP contribution in [0.4, 0.5) is 0 Å². The van der Waals surface area contributed by atoms with Crippen molar-refractivity contribution in [2.45, 2.75) is 38.4 Å². The molecule has 0 unspecified atom stereocenters. The van der Waals surface area contributed by atoms with Crippen LogP contribution in [0.25, 0.3) is 0 Å². The molecule has 5 heteroatoms. The summed E-state index contributed by atoms with van der Waals surface area (Å²) >= 11 is 1.88. The molecule has 0 saturated carbocycles. The van der Waals surface area contributed by atoms with Crippen LogP contribution in [-0.2, 0) is 0 Å². The van der Waals surface area contributed by atoms with Crippen molar-refractivity contribution in [3.8, 4) is 5.75 Å². The predicted octanol–water partition coefficient (Wildman–Crippen LogP) is 4.46. The van der Waals surface area contributed by atoms with Gasteiger partial charge in [-0.2, -0.15) is 0 Å². The number of aliphatic imine (C=N–C) groups is 1. The number of aromatic nitrogens is 1. The molecule has 2 aliphatic rings. The molecule has 1 aromatic carbocycles. The number of nitrogens with zero attached hydrogens (tertiary/aromatic N) is 3. The number of hydrogen-bond acceptors (Lipinski definition) is 5. The Bertz CT molecular complexity index is 747. The van der Waals surface area contributed by atoms with E-state index in [0.29, 0.717) is 12.6 Å². The SMILES string of the molecule is CCOc1ccc([C@@H]2[C@@H](c3ccccn3)N=C3SC[C@H](CC)N32)cc1. The molecule has 1 saturated heterocycles. The van der Waals surface area contributed by atoms with Crippen LogP contribution in [0.2, 0.25) is 0 Å². The molecule has 25 heavy (non-hydrogen) atoms. The van der Waals surface area contributed by atoms with Crippen LogP contribution >= 0.6 is 11.8 Å². The highest BCUT2D eigenvalue weighted by atomic mass is 32.2. The summed E-state index contributed by atoms with van der Waals surface area (Å²) in [6.07, 6.45) is 2.99. The van der Waals surface area contributed by atoms with E-state index in [1.807, 2.05) is 37.0 Å². The van der Waals surface area contributed by atoms with Gasteiger partial charge in [-0.1, -0.05) is 36.9 Å². The van der Waals surface area contributed by atoms with Crippen molar-refractivity contribution >= 4 is 16.9 Å². The number of fused-ring (bicyclic) bond motifs is 1. The Morgan fingerprint density at radius 3 is 2.68 bits per heavy atom. The Hall–Kier alpha value is -2.01. The number of pyridine rings is 1. The quantitative estimate of drug-likeness (QED) is 0.795. The van der Waals surface area contributed by atoms with E-state index >= 15 is 0 Å². The molecule has 2 aliphatic heterocycles. The summed E-state index contributed by atoms with van der Waals surface area (Å²) in [4.78, 5) is 12.2. The Balaban J connectivity index is 1.72. The Labute approximate surface area is 153 Å². The fraction of sp³-hybridized carbons (Fsp3) is 0.400. The van der Waals surface area contributed by atoms with E-state index in [9.17, 15) is 0 Å². The lowest BCUT2D eigenvalue weighted by Crippen LogP contribution is -2.35. The maximum Gasteiger partial charge on any atom is 0.160 e. The van der Waals surface area contributed by atoms with Crippen LogP contribution in [-0.4, -0.2) is 33.5 Å². The largest absolute Gasteiger partial charge is 0.494 e. The van der Waals surface area contributed by atoms with Crippen LogP contribution in [0.5, 0.6) is 5.75 Å². The number of hydrogen-bond donors (Lipinski definition) is 0. The Morgan fingerprint density at radius 2 is 2.00 bits per heavy atom. The molecule has 0 radical (unpaired) electrons. The zero-order chi connectivity index (χ0) is 17.2. The molecular weight excluding hydrogens is 330 g/mol. The van der Waals surface area contributed by atoms with Crippen LogP contribution < -0.4 is 4.74 Å². The van der Waals surface area contributed by atoms with Crippen LogP contribution in [0.1, 0.15) is 43.6 Å². The highest BCUT2D eigenvalue weighted by Gasteiger charge is 2.45. The second-order valence-corrected chi connectivity index (χ2v) is 7.33. The van der Waals surface area contributed by atoms with Crippen molar-refractivity contribution in [2.24, 2.45) is 4.99 Å². The van der Waals surface area contributed by atoms with Gasteiger partial charge in [0.1, 0.15) is 11.8 Å². The van der Waals surface area contributed by atoms with Crippen LogP contribution in [0.15, 0.2) is 53.7 Å². The number of amidine groups is 1. The first-order valence-corrected chi connectivity index (χ1v) is 9.93. The van der Waals surface area contributed by atoms with Crippen molar-refractivity contribution in [2.75, 3.05) is 12.4 Å². The van der Waals surface area contributed by atoms with Crippen molar-refractivity contribution in [3.05, 3.63) is 59.9 Å². The first-order valence-electron chi connectivity index (χ1n) is 8.94. The molecule has 0 amide bonds. The average Bonchev–Trinajstić information content (AvgIpc) is 3.22. The third-order valence-electron chi connectivity index (χ3n) is 4.86. The molecule has 4 nitrogen and oxygen atoms in total. The van der Waals surface area contributed by atoms with Gasteiger partial charge in [-0.25, -0.2) is 0 Å². The molecule has 4 rings (SSSR count). The van der Waals surface area contributed by atoms with Gasteiger partial charge in [0.2, 0.25) is 0 Å². The van der Waals surface area contributed by atoms with Crippen LogP contribution in [0.3, 0.4) is 0 Å². The molecule has 0 N–H and O–H groups in total. The van der Waals surface area contributed by atoms with E-state index < -0.39 is 0 Å². The zero-order valence-corrected chi connectivity index (χ0v) is 15.4. The second kappa shape index (κ2) is 7.08. The highest BCUT2D eigenvalue weighted by Crippen LogP contribution is 2.48. The Kier molecular flexibility index (Phi) is 4.66. The summed E-state index contributed by atoms with van der Waals surface area (Å²) in [5.74, 6) is 2.04. The molecule has 1 aromatic heterocycles. The summed E-state index contributed by atoms with van der Waals surface area (Å²) in [6, 6.07) is 15.4. The minimum Gasteiger partial charge on any atom is -0.494 e. The number of thioether (sulfide) groups is 1. The molecule has 2 aromatic rings. The van der Waals surface area contributed by atoms with Gasteiger partial charge in [0.05, 0.1) is 18.3 Å². The van der Waals surface area contributed by atoms with Gasteiger partial charge in [-0.15, -0.1) is 0 Å². The van der Waals surface area contributed by atoms with E-state index in [2.05, 4.69) is 47.1 Å². The molecule has 1 fully saturated rings. The third-order valence-corrected chi connectivity index (χ3v) is 5.99. The standard InChI is InChI=1S/C20H23N3OS/c1-3-15-13-25-20-22-18(17-7-5-6-12-21-17)19(23(15)20)14-8-10-16(11-9-14)24-4-2/h5-12,15,18-19H,3-4,13H2,1-2H3/t15-,18+,19+/m0/s1. The van der Waals surface area contributed by atoms with Gasteiger partial charge in [-0.05, 0) is 43.2 Å². The van der Waals surface area contributed by atoms with Crippen molar-refractivity contribution in [1.29, 1.82) is 0 Å².